The van der Waals surface area contributed by atoms with Gasteiger partial charge in [-0.15, -0.1) is 0 Å². The number of methoxy groups -OCH3 is 1. The quantitative estimate of drug-likeness (QED) is 0.775. The summed E-state index contributed by atoms with van der Waals surface area (Å²) < 4.78 is 10.3. The Hall–Kier alpha value is -1.03. The van der Waals surface area contributed by atoms with E-state index in [2.05, 4.69) is 0 Å². The molecule has 15 heavy (non-hydrogen) atoms. The van der Waals surface area contributed by atoms with Crippen molar-refractivity contribution in [2.45, 2.75) is 32.8 Å². The Morgan fingerprint density at radius 3 is 2.73 bits per heavy atom. The number of carbonyl (C=O) groups is 1. The summed E-state index contributed by atoms with van der Waals surface area (Å²) in [4.78, 5) is 11.0. The second kappa shape index (κ2) is 4.66. The van der Waals surface area contributed by atoms with Crippen LogP contribution in [0.2, 0.25) is 0 Å². The largest absolute Gasteiger partial charge is 0.501 e. The van der Waals surface area contributed by atoms with Gasteiger partial charge in [0.2, 0.25) is 0 Å². The van der Waals surface area contributed by atoms with E-state index >= 15 is 0 Å². The molecule has 0 aromatic carbocycles. The highest BCUT2D eigenvalue weighted by Crippen LogP contribution is 2.36. The summed E-state index contributed by atoms with van der Waals surface area (Å²) in [7, 11) is 1.42. The van der Waals surface area contributed by atoms with Crippen LogP contribution in [0.15, 0.2) is 11.8 Å². The van der Waals surface area contributed by atoms with Crippen LogP contribution in [0.3, 0.4) is 0 Å². The second-order valence-electron chi connectivity index (χ2n) is 4.29. The fraction of sp³-hybridized carbons (Fsp3) is 0.727. The fourth-order valence-corrected chi connectivity index (χ4v) is 1.91. The van der Waals surface area contributed by atoms with Crippen LogP contribution in [0.4, 0.5) is 0 Å². The van der Waals surface area contributed by atoms with Gasteiger partial charge in [0.25, 0.3) is 0 Å². The van der Waals surface area contributed by atoms with Crippen LogP contribution < -0.4 is 0 Å². The van der Waals surface area contributed by atoms with Gasteiger partial charge in [0.15, 0.2) is 6.10 Å². The normalized spacial score (nSPS) is 19.0. The third-order valence-electron chi connectivity index (χ3n) is 2.88. The van der Waals surface area contributed by atoms with Crippen molar-refractivity contribution in [3.8, 4) is 0 Å². The Morgan fingerprint density at radius 1 is 1.67 bits per heavy atom. The first kappa shape index (κ1) is 12.0. The van der Waals surface area contributed by atoms with Crippen molar-refractivity contribution in [1.82, 2.24) is 0 Å². The predicted octanol–water partition coefficient (Wildman–Crippen LogP) is 1.81. The van der Waals surface area contributed by atoms with Crippen molar-refractivity contribution in [2.24, 2.45) is 5.41 Å². The van der Waals surface area contributed by atoms with E-state index in [0.717, 1.165) is 18.4 Å². The van der Waals surface area contributed by atoms with Crippen molar-refractivity contribution >= 4 is 5.97 Å². The van der Waals surface area contributed by atoms with Gasteiger partial charge in [0.1, 0.15) is 0 Å². The highest BCUT2D eigenvalue weighted by atomic mass is 16.5. The monoisotopic (exact) mass is 214 g/mol. The van der Waals surface area contributed by atoms with Crippen LogP contribution >= 0.6 is 0 Å². The lowest BCUT2D eigenvalue weighted by Crippen LogP contribution is -2.40. The average Bonchev–Trinajstić information content (AvgIpc) is 2.19. The molecular weight excluding hydrogens is 196 g/mol. The van der Waals surface area contributed by atoms with Crippen molar-refractivity contribution in [3.63, 3.8) is 0 Å². The van der Waals surface area contributed by atoms with Crippen molar-refractivity contribution in [3.05, 3.63) is 11.8 Å². The molecule has 0 fully saturated rings. The lowest BCUT2D eigenvalue weighted by atomic mass is 9.77. The summed E-state index contributed by atoms with van der Waals surface area (Å²) in [5.41, 5.74) is 0.476. The zero-order chi connectivity index (χ0) is 11.5. The topological polar surface area (TPSA) is 55.8 Å². The summed E-state index contributed by atoms with van der Waals surface area (Å²) in [6.07, 6.45) is 2.66. The Labute approximate surface area is 89.9 Å². The fourth-order valence-electron chi connectivity index (χ4n) is 1.91. The number of hydrogen-bond acceptors (Lipinski definition) is 3. The van der Waals surface area contributed by atoms with E-state index in [9.17, 15) is 4.79 Å². The Morgan fingerprint density at radius 2 is 2.33 bits per heavy atom. The molecule has 0 radical (unpaired) electrons. The van der Waals surface area contributed by atoms with Gasteiger partial charge in [-0.25, -0.2) is 4.79 Å². The minimum atomic E-state index is -0.936. The van der Waals surface area contributed by atoms with Gasteiger partial charge in [-0.2, -0.15) is 0 Å². The number of aliphatic carboxylic acids is 1. The molecule has 4 heteroatoms. The minimum absolute atomic E-state index is 0.527. The van der Waals surface area contributed by atoms with Gasteiger partial charge >= 0.3 is 5.97 Å². The molecular formula is C11H18O4. The molecule has 1 aliphatic rings. The molecule has 4 nitrogen and oxygen atoms in total. The maximum absolute atomic E-state index is 11.0. The number of ether oxygens (including phenoxy) is 2. The lowest BCUT2D eigenvalue weighted by molar-refractivity contribution is -0.154. The maximum Gasteiger partial charge on any atom is 0.333 e. The minimum Gasteiger partial charge on any atom is -0.501 e. The van der Waals surface area contributed by atoms with Gasteiger partial charge in [0.05, 0.1) is 12.9 Å². The van der Waals surface area contributed by atoms with Crippen LogP contribution in [-0.4, -0.2) is 30.9 Å². The Balaban J connectivity index is 2.87. The molecule has 86 valence electrons. The molecule has 0 aromatic heterocycles. The van der Waals surface area contributed by atoms with E-state index in [-0.39, 0.29) is 0 Å². The first-order valence-electron chi connectivity index (χ1n) is 5.07. The summed E-state index contributed by atoms with van der Waals surface area (Å²) in [6, 6.07) is 0. The smallest absolute Gasteiger partial charge is 0.333 e. The van der Waals surface area contributed by atoms with E-state index < -0.39 is 17.5 Å². The molecule has 0 aliphatic carbocycles. The van der Waals surface area contributed by atoms with Crippen molar-refractivity contribution < 1.29 is 19.4 Å². The molecule has 1 N–H and O–H groups in total. The molecule has 0 spiro atoms. The number of carboxylic acids is 1. The number of hydrogen-bond donors (Lipinski definition) is 1. The zero-order valence-electron chi connectivity index (χ0n) is 9.45. The number of carboxylic acid groups (broad SMARTS) is 1. The van der Waals surface area contributed by atoms with E-state index in [1.807, 2.05) is 13.8 Å². The van der Waals surface area contributed by atoms with Gasteiger partial charge < -0.3 is 14.6 Å². The summed E-state index contributed by atoms with van der Waals surface area (Å²) >= 11 is 0. The van der Waals surface area contributed by atoms with Crippen LogP contribution in [-0.2, 0) is 14.3 Å². The Kier molecular flexibility index (Phi) is 3.74. The van der Waals surface area contributed by atoms with E-state index in [1.54, 1.807) is 6.26 Å². The summed E-state index contributed by atoms with van der Waals surface area (Å²) in [5, 5.41) is 9.05. The van der Waals surface area contributed by atoms with Crippen LogP contribution in [0.5, 0.6) is 0 Å². The molecule has 1 rings (SSSR count). The summed E-state index contributed by atoms with van der Waals surface area (Å²) in [6.45, 7) is 4.45. The molecule has 1 atom stereocenters. The van der Waals surface area contributed by atoms with E-state index in [0.29, 0.717) is 6.61 Å². The first-order chi connectivity index (χ1) is 7.00. The van der Waals surface area contributed by atoms with Gasteiger partial charge in [-0.05, 0) is 18.4 Å². The third kappa shape index (κ3) is 2.50. The Bertz CT molecular complexity index is 268. The molecule has 0 bridgehead atoms. The predicted molar refractivity (Wildman–Crippen MR) is 55.5 cm³/mol. The van der Waals surface area contributed by atoms with Crippen LogP contribution in [0.1, 0.15) is 26.7 Å². The average molecular weight is 214 g/mol. The molecule has 0 saturated carbocycles. The van der Waals surface area contributed by atoms with E-state index in [4.69, 9.17) is 14.6 Å². The van der Waals surface area contributed by atoms with Crippen LogP contribution in [0, 0.1) is 5.41 Å². The third-order valence-corrected chi connectivity index (χ3v) is 2.88. The number of rotatable bonds is 4. The van der Waals surface area contributed by atoms with Crippen molar-refractivity contribution in [2.75, 3.05) is 13.7 Å². The standard InChI is InChI=1S/C11H18O4/c1-11(2,9(14-3)10(12)13)8-5-4-6-15-7-8/h7,9H,4-6H2,1-3H3,(H,12,13). The molecule has 1 aliphatic heterocycles. The van der Waals surface area contributed by atoms with Crippen LogP contribution in [0.25, 0.3) is 0 Å². The zero-order valence-corrected chi connectivity index (χ0v) is 9.45. The molecule has 0 saturated heterocycles. The maximum atomic E-state index is 11.0. The molecule has 0 amide bonds. The highest BCUT2D eigenvalue weighted by Gasteiger charge is 2.39. The summed E-state index contributed by atoms with van der Waals surface area (Å²) in [5.74, 6) is -0.936. The molecule has 1 heterocycles. The SMILES string of the molecule is COC(C(=O)O)C(C)(C)C1=COCCC1. The highest BCUT2D eigenvalue weighted by molar-refractivity contribution is 5.74. The van der Waals surface area contributed by atoms with E-state index in [1.165, 1.54) is 7.11 Å². The second-order valence-corrected chi connectivity index (χ2v) is 4.29. The van der Waals surface area contributed by atoms with Gasteiger partial charge in [-0.1, -0.05) is 13.8 Å². The lowest BCUT2D eigenvalue weighted by Gasteiger charge is -2.34. The molecule has 0 aromatic rings. The van der Waals surface area contributed by atoms with Crippen molar-refractivity contribution in [1.29, 1.82) is 0 Å². The molecule has 1 unspecified atom stereocenters. The van der Waals surface area contributed by atoms with Gasteiger partial charge in [0, 0.05) is 12.5 Å². The first-order valence-corrected chi connectivity index (χ1v) is 5.07. The van der Waals surface area contributed by atoms with Gasteiger partial charge in [-0.3, -0.25) is 0 Å².